The fraction of sp³-hybridized carbons (Fsp3) is 0.304. The number of rotatable bonds is 6. The summed E-state index contributed by atoms with van der Waals surface area (Å²) < 4.78 is 79.6. The van der Waals surface area contributed by atoms with Crippen molar-refractivity contribution >= 4 is 21.4 Å². The summed E-state index contributed by atoms with van der Waals surface area (Å²) in [5.41, 5.74) is 1.94. The first-order chi connectivity index (χ1) is 16.8. The van der Waals surface area contributed by atoms with Crippen molar-refractivity contribution in [2.24, 2.45) is 17.5 Å². The molecule has 0 saturated heterocycles. The number of aliphatic hydroxyl groups is 1. The second kappa shape index (κ2) is 8.95. The van der Waals surface area contributed by atoms with Crippen molar-refractivity contribution in [2.45, 2.75) is 37.3 Å². The van der Waals surface area contributed by atoms with Gasteiger partial charge in [0.25, 0.3) is 0 Å². The molecule has 0 bridgehead atoms. The Balaban J connectivity index is 1.61. The molecular formula is C23H19F6N5OS. The van der Waals surface area contributed by atoms with Gasteiger partial charge in [0.1, 0.15) is 16.6 Å². The number of hydrogen-bond acceptors (Lipinski definition) is 7. The molecule has 1 aliphatic carbocycles. The molecule has 1 atom stereocenters. The molecule has 1 saturated carbocycles. The Kier molecular flexibility index (Phi) is 6.40. The Hall–Kier alpha value is -3.34. The summed E-state index contributed by atoms with van der Waals surface area (Å²) in [4.78, 5) is 3.72. The van der Waals surface area contributed by atoms with E-state index in [0.717, 1.165) is 34.8 Å². The maximum absolute atomic E-state index is 13.5. The van der Waals surface area contributed by atoms with E-state index in [0.29, 0.717) is 26.8 Å². The van der Waals surface area contributed by atoms with Crippen molar-refractivity contribution in [1.82, 2.24) is 9.99 Å². The molecule has 5 N–H and O–H groups in total. The minimum absolute atomic E-state index is 0.0633. The first kappa shape index (κ1) is 25.7. The van der Waals surface area contributed by atoms with Gasteiger partial charge in [0.05, 0.1) is 12.2 Å². The van der Waals surface area contributed by atoms with E-state index in [2.05, 4.69) is 4.98 Å². The smallest absolute Gasteiger partial charge is 0.398 e. The molecule has 1 unspecified atom stereocenters. The lowest BCUT2D eigenvalue weighted by Gasteiger charge is -2.32. The number of benzene rings is 1. The van der Waals surface area contributed by atoms with Gasteiger partial charge in [0.2, 0.25) is 5.60 Å². The van der Waals surface area contributed by atoms with Crippen LogP contribution < -0.4 is 11.6 Å². The molecule has 0 spiro atoms. The Labute approximate surface area is 205 Å². The largest absolute Gasteiger partial charge is 0.433 e. The van der Waals surface area contributed by atoms with Gasteiger partial charge < -0.3 is 15.8 Å². The van der Waals surface area contributed by atoms with Crippen LogP contribution in [0.15, 0.2) is 48.4 Å². The fourth-order valence-electron chi connectivity index (χ4n) is 3.98. The van der Waals surface area contributed by atoms with Crippen LogP contribution in [0.1, 0.15) is 29.0 Å². The minimum atomic E-state index is -4.96. The monoisotopic (exact) mass is 527 g/mol. The SMILES string of the molecule is N#Cc1sc2cc(CN(N)/C=C(\N)C(O)(C3CC3)C(F)(F)F)ccc2c1-c1ccc(C(F)(F)F)nc1. The minimum Gasteiger partial charge on any atom is -0.398 e. The van der Waals surface area contributed by atoms with E-state index in [1.807, 2.05) is 6.07 Å². The Morgan fingerprint density at radius 1 is 1.19 bits per heavy atom. The topological polar surface area (TPSA) is 112 Å². The van der Waals surface area contributed by atoms with E-state index < -0.39 is 35.3 Å². The quantitative estimate of drug-likeness (QED) is 0.236. The van der Waals surface area contributed by atoms with E-state index in [1.165, 1.54) is 6.07 Å². The van der Waals surface area contributed by atoms with Crippen LogP contribution in [0.25, 0.3) is 21.2 Å². The van der Waals surface area contributed by atoms with E-state index in [1.54, 1.807) is 18.2 Å². The molecule has 0 aliphatic heterocycles. The van der Waals surface area contributed by atoms with Crippen LogP contribution in [0, 0.1) is 17.2 Å². The molecule has 6 nitrogen and oxygen atoms in total. The Morgan fingerprint density at radius 2 is 1.89 bits per heavy atom. The number of aromatic nitrogens is 1. The van der Waals surface area contributed by atoms with E-state index in [4.69, 9.17) is 11.6 Å². The highest BCUT2D eigenvalue weighted by molar-refractivity contribution is 7.20. The number of halogens is 6. The van der Waals surface area contributed by atoms with Crippen LogP contribution >= 0.6 is 11.3 Å². The van der Waals surface area contributed by atoms with Crippen molar-refractivity contribution in [3.05, 3.63) is 64.6 Å². The highest BCUT2D eigenvalue weighted by Gasteiger charge is 2.63. The molecule has 3 aromatic rings. The normalized spacial score (nSPS) is 16.6. The Morgan fingerprint density at radius 3 is 2.42 bits per heavy atom. The van der Waals surface area contributed by atoms with Gasteiger partial charge in [-0.15, -0.1) is 11.3 Å². The lowest BCUT2D eigenvalue weighted by atomic mass is 9.93. The molecule has 0 radical (unpaired) electrons. The van der Waals surface area contributed by atoms with Crippen molar-refractivity contribution < 1.29 is 31.4 Å². The number of thiophene rings is 1. The number of nitrogens with zero attached hydrogens (tertiary/aromatic N) is 3. The first-order valence-corrected chi connectivity index (χ1v) is 11.3. The summed E-state index contributed by atoms with van der Waals surface area (Å²) >= 11 is 1.10. The molecule has 2 heterocycles. The number of hydrogen-bond donors (Lipinski definition) is 3. The van der Waals surface area contributed by atoms with Gasteiger partial charge >= 0.3 is 12.4 Å². The molecule has 4 rings (SSSR count). The Bertz CT molecular complexity index is 1350. The zero-order chi connectivity index (χ0) is 26.5. The van der Waals surface area contributed by atoms with Crippen LogP contribution in [0.2, 0.25) is 0 Å². The lowest BCUT2D eigenvalue weighted by molar-refractivity contribution is -0.252. The van der Waals surface area contributed by atoms with Crippen LogP contribution in [-0.2, 0) is 12.7 Å². The number of pyridine rings is 1. The molecule has 190 valence electrons. The van der Waals surface area contributed by atoms with Crippen molar-refractivity contribution in [2.75, 3.05) is 0 Å². The third-order valence-corrected chi connectivity index (χ3v) is 6.97. The average molecular weight is 527 g/mol. The molecular weight excluding hydrogens is 508 g/mol. The highest BCUT2D eigenvalue weighted by atomic mass is 32.1. The number of alkyl halides is 6. The third-order valence-electron chi connectivity index (χ3n) is 5.91. The third kappa shape index (κ3) is 4.71. The van der Waals surface area contributed by atoms with E-state index in [9.17, 15) is 36.7 Å². The van der Waals surface area contributed by atoms with Crippen molar-refractivity contribution in [1.29, 1.82) is 5.26 Å². The maximum Gasteiger partial charge on any atom is 0.433 e. The molecule has 1 aromatic carbocycles. The average Bonchev–Trinajstić information content (AvgIpc) is 3.58. The van der Waals surface area contributed by atoms with Crippen LogP contribution in [0.3, 0.4) is 0 Å². The molecule has 1 aliphatic rings. The van der Waals surface area contributed by atoms with Crippen LogP contribution in [0.4, 0.5) is 26.3 Å². The number of nitrogens with two attached hydrogens (primary N) is 2. The van der Waals surface area contributed by atoms with Gasteiger partial charge in [-0.25, -0.2) is 5.84 Å². The predicted molar refractivity (Wildman–Crippen MR) is 121 cm³/mol. The summed E-state index contributed by atoms with van der Waals surface area (Å²) in [6, 6.07) is 9.05. The summed E-state index contributed by atoms with van der Waals surface area (Å²) in [5.74, 6) is 4.84. The van der Waals surface area contributed by atoms with Gasteiger partial charge in [-0.2, -0.15) is 31.6 Å². The molecule has 36 heavy (non-hydrogen) atoms. The molecule has 2 aromatic heterocycles. The zero-order valence-electron chi connectivity index (χ0n) is 18.4. The second-order valence-corrected chi connectivity index (χ2v) is 9.53. The fourth-order valence-corrected chi connectivity index (χ4v) is 5.07. The first-order valence-electron chi connectivity index (χ1n) is 10.5. The van der Waals surface area contributed by atoms with Gasteiger partial charge in [-0.3, -0.25) is 4.98 Å². The predicted octanol–water partition coefficient (Wildman–Crippen LogP) is 5.03. The van der Waals surface area contributed by atoms with Crippen LogP contribution in [-0.4, -0.2) is 26.9 Å². The van der Waals surface area contributed by atoms with Gasteiger partial charge in [-0.1, -0.05) is 18.2 Å². The van der Waals surface area contributed by atoms with Crippen molar-refractivity contribution in [3.8, 4) is 17.2 Å². The van der Waals surface area contributed by atoms with E-state index >= 15 is 0 Å². The van der Waals surface area contributed by atoms with Crippen LogP contribution in [0.5, 0.6) is 0 Å². The summed E-state index contributed by atoms with van der Waals surface area (Å²) in [7, 11) is 0. The van der Waals surface area contributed by atoms with Gasteiger partial charge in [0.15, 0.2) is 0 Å². The highest BCUT2D eigenvalue weighted by Crippen LogP contribution is 2.50. The lowest BCUT2D eigenvalue weighted by Crippen LogP contribution is -2.52. The summed E-state index contributed by atoms with van der Waals surface area (Å²) in [6.07, 6.45) is -7.25. The standard InChI is InChI=1S/C23H19F6N5OS/c24-22(25,26)19-6-2-13(9-33-19)20-15-5-1-12(7-16(15)36-17(20)8-30)10-34(32)11-18(31)21(35,14-3-4-14)23(27,28)29/h1-2,5-7,9,11,14,35H,3-4,10,31-32H2/b18-11-. The summed E-state index contributed by atoms with van der Waals surface area (Å²) in [5, 5.41) is 21.3. The molecule has 0 amide bonds. The number of fused-ring (bicyclic) bond motifs is 1. The number of hydrazine groups is 1. The number of nitriles is 1. The zero-order valence-corrected chi connectivity index (χ0v) is 19.2. The maximum atomic E-state index is 13.5. The second-order valence-electron chi connectivity index (χ2n) is 8.47. The van der Waals surface area contributed by atoms with Crippen molar-refractivity contribution in [3.63, 3.8) is 0 Å². The molecule has 1 fully saturated rings. The van der Waals surface area contributed by atoms with E-state index in [-0.39, 0.29) is 24.3 Å². The summed E-state index contributed by atoms with van der Waals surface area (Å²) in [6.45, 7) is -0.0633. The van der Waals surface area contributed by atoms with Gasteiger partial charge in [0, 0.05) is 39.5 Å². The van der Waals surface area contributed by atoms with Gasteiger partial charge in [-0.05, 0) is 30.5 Å². The molecule has 13 heteroatoms.